The molecule has 0 radical (unpaired) electrons. The van der Waals surface area contributed by atoms with Crippen LogP contribution in [-0.2, 0) is 17.2 Å². The lowest BCUT2D eigenvalue weighted by Gasteiger charge is -2.41. The van der Waals surface area contributed by atoms with E-state index in [1.54, 1.807) is 26.8 Å². The van der Waals surface area contributed by atoms with Crippen molar-refractivity contribution in [3.63, 3.8) is 0 Å². The Hall–Kier alpha value is -2.61. The van der Waals surface area contributed by atoms with Gasteiger partial charge in [0.2, 0.25) is 0 Å². The van der Waals surface area contributed by atoms with Gasteiger partial charge in [0.25, 0.3) is 0 Å². The lowest BCUT2D eigenvalue weighted by Crippen LogP contribution is -2.33. The van der Waals surface area contributed by atoms with Crippen LogP contribution < -0.4 is 0 Å². The summed E-state index contributed by atoms with van der Waals surface area (Å²) in [6.45, 7) is 12.0. The van der Waals surface area contributed by atoms with E-state index >= 15 is 0 Å². The third-order valence-corrected chi connectivity index (χ3v) is 7.14. The van der Waals surface area contributed by atoms with Gasteiger partial charge >= 0.3 is 0 Å². The zero-order valence-corrected chi connectivity index (χ0v) is 20.8. The minimum Gasteiger partial charge on any atom is -0.455 e. The number of pyridine rings is 1. The van der Waals surface area contributed by atoms with E-state index in [9.17, 15) is 0 Å². The fourth-order valence-corrected chi connectivity index (χ4v) is 5.29. The number of furan rings is 1. The van der Waals surface area contributed by atoms with Gasteiger partial charge in [0.1, 0.15) is 11.2 Å². The number of nitrogens with zero attached hydrogens (tertiary/aromatic N) is 1. The highest BCUT2D eigenvalue weighted by molar-refractivity contribution is 6.10. The van der Waals surface area contributed by atoms with Crippen LogP contribution in [0.5, 0.6) is 0 Å². The SMILES string of the molecule is [2H]C([2H])([2H])c1cnc(-c2cccc3c2oc2c4c(ccc23)C(C)(C)CCC4(C)C)cc1C([2H])([2H])C(C)(C)C. The highest BCUT2D eigenvalue weighted by atomic mass is 16.3. The van der Waals surface area contributed by atoms with Crippen LogP contribution in [0.3, 0.4) is 0 Å². The number of fused-ring (bicyclic) bond motifs is 5. The second-order valence-corrected chi connectivity index (χ2v) is 11.9. The first-order chi connectivity index (χ1) is 17.4. The molecule has 0 spiro atoms. The van der Waals surface area contributed by atoms with E-state index in [2.05, 4.69) is 44.8 Å². The van der Waals surface area contributed by atoms with Crippen molar-refractivity contribution >= 4 is 21.9 Å². The minimum atomic E-state index is -2.48. The summed E-state index contributed by atoms with van der Waals surface area (Å²) in [5.41, 5.74) is 4.66. The first-order valence-electron chi connectivity index (χ1n) is 14.4. The van der Waals surface area contributed by atoms with Crippen molar-refractivity contribution in [2.75, 3.05) is 0 Å². The van der Waals surface area contributed by atoms with Gasteiger partial charge in [0.05, 0.1) is 5.69 Å². The van der Waals surface area contributed by atoms with E-state index in [1.165, 1.54) is 17.3 Å². The third-order valence-electron chi connectivity index (χ3n) is 7.14. The van der Waals surface area contributed by atoms with E-state index in [0.29, 0.717) is 11.3 Å². The molecule has 0 N–H and O–H groups in total. The number of para-hydroxylation sites is 1. The van der Waals surface area contributed by atoms with Gasteiger partial charge in [0.15, 0.2) is 0 Å². The maximum Gasteiger partial charge on any atom is 0.144 e. The van der Waals surface area contributed by atoms with E-state index < -0.39 is 18.6 Å². The molecule has 2 heteroatoms. The molecule has 2 nitrogen and oxygen atoms in total. The Balaban J connectivity index is 1.81. The molecule has 1 aliphatic carbocycles. The number of benzene rings is 2. The van der Waals surface area contributed by atoms with Crippen molar-refractivity contribution in [1.29, 1.82) is 0 Å². The quantitative estimate of drug-likeness (QED) is 0.308. The second kappa shape index (κ2) is 7.19. The average Bonchev–Trinajstić information content (AvgIpc) is 3.19. The Kier molecular flexibility index (Phi) is 3.69. The number of aryl methyl sites for hydroxylation is 1. The molecule has 2 aromatic heterocycles. The van der Waals surface area contributed by atoms with Crippen molar-refractivity contribution in [1.82, 2.24) is 4.98 Å². The van der Waals surface area contributed by atoms with Crippen molar-refractivity contribution in [2.45, 2.75) is 85.4 Å². The van der Waals surface area contributed by atoms with Crippen LogP contribution in [0.25, 0.3) is 33.2 Å². The molecular weight excluding hydrogens is 402 g/mol. The van der Waals surface area contributed by atoms with Crippen molar-refractivity contribution in [2.24, 2.45) is 5.41 Å². The van der Waals surface area contributed by atoms with Crippen LogP contribution in [-0.4, -0.2) is 4.98 Å². The van der Waals surface area contributed by atoms with E-state index in [0.717, 1.165) is 34.8 Å². The summed E-state index contributed by atoms with van der Waals surface area (Å²) in [6.07, 6.45) is 1.60. The molecule has 0 saturated carbocycles. The maximum absolute atomic E-state index is 8.90. The van der Waals surface area contributed by atoms with Gasteiger partial charge in [-0.3, -0.25) is 4.98 Å². The molecule has 0 amide bonds. The Morgan fingerprint density at radius 1 is 1.00 bits per heavy atom. The number of aromatic nitrogens is 1. The molecule has 0 fully saturated rings. The predicted molar refractivity (Wildman–Crippen MR) is 140 cm³/mol. The van der Waals surface area contributed by atoms with Gasteiger partial charge in [-0.15, -0.1) is 0 Å². The van der Waals surface area contributed by atoms with Crippen LogP contribution in [0.1, 0.15) is 90.4 Å². The maximum atomic E-state index is 8.90. The normalized spacial score (nSPS) is 20.5. The Bertz CT molecular complexity index is 1570. The number of rotatable bonds is 2. The Morgan fingerprint density at radius 3 is 2.45 bits per heavy atom. The molecule has 0 aliphatic heterocycles. The van der Waals surface area contributed by atoms with E-state index in [1.807, 2.05) is 18.2 Å². The van der Waals surface area contributed by atoms with E-state index in [4.69, 9.17) is 11.3 Å². The van der Waals surface area contributed by atoms with Gasteiger partial charge < -0.3 is 4.42 Å². The largest absolute Gasteiger partial charge is 0.455 e. The van der Waals surface area contributed by atoms with Crippen LogP contribution >= 0.6 is 0 Å². The Labute approximate surface area is 205 Å². The molecule has 172 valence electrons. The van der Waals surface area contributed by atoms with E-state index in [-0.39, 0.29) is 22.0 Å². The summed E-state index contributed by atoms with van der Waals surface area (Å²) in [7, 11) is 0. The van der Waals surface area contributed by atoms with Crippen LogP contribution in [0.15, 0.2) is 47.0 Å². The predicted octanol–water partition coefficient (Wildman–Crippen LogP) is 8.89. The summed E-state index contributed by atoms with van der Waals surface area (Å²) in [6, 6.07) is 11.9. The zero-order chi connectivity index (χ0) is 28.1. The summed E-state index contributed by atoms with van der Waals surface area (Å²) < 4.78 is 48.6. The molecule has 5 rings (SSSR count). The molecular formula is C31H37NO. The second-order valence-electron chi connectivity index (χ2n) is 11.9. The molecule has 0 bridgehead atoms. The van der Waals surface area contributed by atoms with Crippen LogP contribution in [0.2, 0.25) is 0 Å². The first-order valence-corrected chi connectivity index (χ1v) is 11.9. The lowest BCUT2D eigenvalue weighted by atomic mass is 9.63. The molecule has 0 atom stereocenters. The molecule has 0 unspecified atom stereocenters. The Morgan fingerprint density at radius 2 is 1.73 bits per heavy atom. The van der Waals surface area contributed by atoms with Crippen molar-refractivity contribution < 1.29 is 11.3 Å². The standard InChI is InChI=1S/C31H37NO/c1-19-18-32-25(16-20(19)17-29(2,3)4)23-11-9-10-21-22-12-13-24-26(28(22)33-27(21)23)31(7,8)15-14-30(24,5)6/h9-13,16,18H,14-15,17H2,1-8H3/i1D3,17D2. The molecule has 0 saturated heterocycles. The monoisotopic (exact) mass is 444 g/mol. The topological polar surface area (TPSA) is 26.0 Å². The number of hydrogen-bond acceptors (Lipinski definition) is 2. The lowest BCUT2D eigenvalue weighted by molar-refractivity contribution is 0.331. The molecule has 33 heavy (non-hydrogen) atoms. The third kappa shape index (κ3) is 3.68. The van der Waals surface area contributed by atoms with Gasteiger partial charge in [-0.1, -0.05) is 72.7 Å². The summed E-state index contributed by atoms with van der Waals surface area (Å²) >= 11 is 0. The van der Waals surface area contributed by atoms with Crippen LogP contribution in [0, 0.1) is 12.3 Å². The summed E-state index contributed by atoms with van der Waals surface area (Å²) in [5, 5.41) is 2.03. The van der Waals surface area contributed by atoms with Crippen molar-refractivity contribution in [3.05, 3.63) is 64.8 Å². The molecule has 2 heterocycles. The summed E-state index contributed by atoms with van der Waals surface area (Å²) in [5.74, 6) is 0. The fraction of sp³-hybridized carbons (Fsp3) is 0.452. The smallest absolute Gasteiger partial charge is 0.144 e. The minimum absolute atomic E-state index is 0.0338. The molecule has 2 aromatic carbocycles. The zero-order valence-electron chi connectivity index (χ0n) is 25.8. The van der Waals surface area contributed by atoms with Gasteiger partial charge in [-0.05, 0) is 71.1 Å². The van der Waals surface area contributed by atoms with Gasteiger partial charge in [-0.25, -0.2) is 0 Å². The van der Waals surface area contributed by atoms with Crippen LogP contribution in [0.4, 0.5) is 0 Å². The van der Waals surface area contributed by atoms with Gasteiger partial charge in [0, 0.05) is 34.9 Å². The molecule has 4 aromatic rings. The summed E-state index contributed by atoms with van der Waals surface area (Å²) in [4.78, 5) is 4.54. The fourth-order valence-electron chi connectivity index (χ4n) is 5.29. The van der Waals surface area contributed by atoms with Crippen molar-refractivity contribution in [3.8, 4) is 11.3 Å². The number of hydrogen-bond donors (Lipinski definition) is 0. The first kappa shape index (κ1) is 16.9. The highest BCUT2D eigenvalue weighted by Gasteiger charge is 2.39. The molecule has 1 aliphatic rings. The van der Waals surface area contributed by atoms with Gasteiger partial charge in [-0.2, -0.15) is 0 Å². The highest BCUT2D eigenvalue weighted by Crippen LogP contribution is 2.50. The average molecular weight is 445 g/mol.